The van der Waals surface area contributed by atoms with Crippen LogP contribution >= 0.6 is 11.3 Å². The molecule has 4 rings (SSSR count). The van der Waals surface area contributed by atoms with Gasteiger partial charge in [-0.1, -0.05) is 23.5 Å². The van der Waals surface area contributed by atoms with Crippen molar-refractivity contribution in [2.24, 2.45) is 0 Å². The van der Waals surface area contributed by atoms with Crippen LogP contribution in [-0.4, -0.2) is 29.0 Å². The van der Waals surface area contributed by atoms with Gasteiger partial charge in [0.2, 0.25) is 0 Å². The van der Waals surface area contributed by atoms with Crippen molar-refractivity contribution >= 4 is 38.6 Å². The number of nitrogens with zero attached hydrogens (tertiary/aromatic N) is 3. The first-order valence-corrected chi connectivity index (χ1v) is 10.5. The van der Waals surface area contributed by atoms with Gasteiger partial charge in [-0.25, -0.2) is 9.78 Å². The first kappa shape index (κ1) is 20.7. The number of ether oxygens (including phenoxy) is 1. The summed E-state index contributed by atoms with van der Waals surface area (Å²) in [4.78, 5) is 35.8. The number of benzene rings is 2. The van der Waals surface area contributed by atoms with Crippen LogP contribution in [0.25, 0.3) is 10.2 Å². The molecule has 4 aromatic rings. The first-order chi connectivity index (χ1) is 15.0. The molecule has 0 saturated carbocycles. The number of carbonyl (C=O) groups is 2. The van der Waals surface area contributed by atoms with Gasteiger partial charge in [0.05, 0.1) is 29.4 Å². The van der Waals surface area contributed by atoms with Crippen molar-refractivity contribution < 1.29 is 14.3 Å². The van der Waals surface area contributed by atoms with Crippen molar-refractivity contribution in [3.05, 3.63) is 88.7 Å². The van der Waals surface area contributed by atoms with Gasteiger partial charge in [0, 0.05) is 18.0 Å². The molecule has 0 spiro atoms. The zero-order chi connectivity index (χ0) is 22.0. The molecule has 0 N–H and O–H groups in total. The number of hydrogen-bond acceptors (Lipinski definition) is 6. The molecule has 1 amide bonds. The van der Waals surface area contributed by atoms with E-state index in [4.69, 9.17) is 9.72 Å². The van der Waals surface area contributed by atoms with Gasteiger partial charge < -0.3 is 4.74 Å². The second-order valence-electron chi connectivity index (χ2n) is 7.25. The van der Waals surface area contributed by atoms with E-state index in [1.54, 1.807) is 41.6 Å². The third kappa shape index (κ3) is 4.32. The number of fused-ring (bicyclic) bond motifs is 1. The second-order valence-corrected chi connectivity index (χ2v) is 8.26. The fraction of sp³-hybridized carbons (Fsp3) is 0.167. The quantitative estimate of drug-likeness (QED) is 0.419. The Morgan fingerprint density at radius 3 is 2.48 bits per heavy atom. The average molecular weight is 432 g/mol. The molecule has 0 fully saturated rings. The smallest absolute Gasteiger partial charge is 0.337 e. The minimum atomic E-state index is -0.441. The van der Waals surface area contributed by atoms with Gasteiger partial charge >= 0.3 is 5.97 Å². The number of anilines is 1. The van der Waals surface area contributed by atoms with Gasteiger partial charge in [0.25, 0.3) is 5.91 Å². The van der Waals surface area contributed by atoms with Gasteiger partial charge in [-0.2, -0.15) is 0 Å². The summed E-state index contributed by atoms with van der Waals surface area (Å²) in [5.74, 6) is -0.642. The van der Waals surface area contributed by atoms with Crippen LogP contribution in [0.3, 0.4) is 0 Å². The summed E-state index contributed by atoms with van der Waals surface area (Å²) in [6.45, 7) is 4.41. The van der Waals surface area contributed by atoms with Gasteiger partial charge in [0.1, 0.15) is 0 Å². The number of esters is 1. The van der Waals surface area contributed by atoms with Gasteiger partial charge in [-0.15, -0.1) is 0 Å². The molecule has 2 aromatic heterocycles. The van der Waals surface area contributed by atoms with E-state index in [-0.39, 0.29) is 5.91 Å². The maximum atomic E-state index is 13.5. The molecule has 0 unspecified atom stereocenters. The summed E-state index contributed by atoms with van der Waals surface area (Å²) in [5, 5.41) is 0.620. The Morgan fingerprint density at radius 2 is 1.81 bits per heavy atom. The van der Waals surface area contributed by atoms with Crippen LogP contribution in [0.5, 0.6) is 0 Å². The number of methoxy groups -OCH3 is 1. The molecular weight excluding hydrogens is 410 g/mol. The summed E-state index contributed by atoms with van der Waals surface area (Å²) in [7, 11) is 1.33. The largest absolute Gasteiger partial charge is 0.465 e. The third-order valence-corrected chi connectivity index (χ3v) is 5.94. The summed E-state index contributed by atoms with van der Waals surface area (Å²) >= 11 is 1.49. The van der Waals surface area contributed by atoms with Crippen LogP contribution in [0.15, 0.2) is 60.9 Å². The number of rotatable bonds is 5. The fourth-order valence-electron chi connectivity index (χ4n) is 3.40. The second kappa shape index (κ2) is 8.65. The Labute approximate surface area is 184 Å². The topological polar surface area (TPSA) is 72.4 Å². The molecule has 2 aromatic carbocycles. The van der Waals surface area contributed by atoms with Crippen LogP contribution in [0.1, 0.15) is 37.4 Å². The molecule has 0 atom stereocenters. The van der Waals surface area contributed by atoms with Crippen molar-refractivity contribution in [1.29, 1.82) is 0 Å². The Morgan fingerprint density at radius 1 is 1.06 bits per heavy atom. The van der Waals surface area contributed by atoms with Crippen molar-refractivity contribution in [1.82, 2.24) is 9.97 Å². The number of pyridine rings is 1. The first-order valence-electron chi connectivity index (χ1n) is 9.73. The SMILES string of the molecule is COC(=O)c1ccc(C(=O)N(Cc2cccnc2)c2nc3c(C)cc(C)cc3s2)cc1. The Bertz CT molecular complexity index is 1250. The number of hydrogen-bond donors (Lipinski definition) is 0. The molecule has 0 aliphatic heterocycles. The highest BCUT2D eigenvalue weighted by atomic mass is 32.1. The van der Waals surface area contributed by atoms with Crippen molar-refractivity contribution in [2.75, 3.05) is 12.0 Å². The maximum absolute atomic E-state index is 13.5. The Balaban J connectivity index is 1.75. The number of aryl methyl sites for hydroxylation is 2. The van der Waals surface area contributed by atoms with Gasteiger partial charge in [-0.05, 0) is 66.9 Å². The zero-order valence-corrected chi connectivity index (χ0v) is 18.3. The molecule has 2 heterocycles. The van der Waals surface area contributed by atoms with Crippen LogP contribution in [0.2, 0.25) is 0 Å². The van der Waals surface area contributed by atoms with E-state index in [1.807, 2.05) is 26.0 Å². The van der Waals surface area contributed by atoms with Crippen LogP contribution in [-0.2, 0) is 11.3 Å². The van der Waals surface area contributed by atoms with Crippen molar-refractivity contribution in [2.45, 2.75) is 20.4 Å². The molecule has 6 nitrogen and oxygen atoms in total. The number of thiazole rings is 1. The van der Waals surface area contributed by atoms with E-state index in [0.29, 0.717) is 22.8 Å². The lowest BCUT2D eigenvalue weighted by Crippen LogP contribution is -2.30. The number of aromatic nitrogens is 2. The summed E-state index contributed by atoms with van der Waals surface area (Å²) in [5.41, 5.74) is 4.88. The Hall–Kier alpha value is -3.58. The van der Waals surface area contributed by atoms with E-state index < -0.39 is 5.97 Å². The van der Waals surface area contributed by atoms with E-state index in [0.717, 1.165) is 26.9 Å². The predicted molar refractivity (Wildman–Crippen MR) is 122 cm³/mol. The molecule has 156 valence electrons. The lowest BCUT2D eigenvalue weighted by atomic mass is 10.1. The average Bonchev–Trinajstić information content (AvgIpc) is 3.21. The normalized spacial score (nSPS) is 10.8. The van der Waals surface area contributed by atoms with E-state index in [2.05, 4.69) is 17.1 Å². The highest BCUT2D eigenvalue weighted by Crippen LogP contribution is 2.33. The Kier molecular flexibility index (Phi) is 5.77. The van der Waals surface area contributed by atoms with Crippen molar-refractivity contribution in [3.8, 4) is 0 Å². The maximum Gasteiger partial charge on any atom is 0.337 e. The highest BCUT2D eigenvalue weighted by molar-refractivity contribution is 7.22. The molecule has 0 saturated heterocycles. The molecular formula is C24H21N3O3S. The predicted octanol–water partition coefficient (Wildman–Crippen LogP) is 4.94. The van der Waals surface area contributed by atoms with Crippen LogP contribution in [0, 0.1) is 13.8 Å². The third-order valence-electron chi connectivity index (χ3n) is 4.91. The van der Waals surface area contributed by atoms with E-state index in [1.165, 1.54) is 18.4 Å². The van der Waals surface area contributed by atoms with E-state index in [9.17, 15) is 9.59 Å². The lowest BCUT2D eigenvalue weighted by molar-refractivity contribution is 0.0600. The summed E-state index contributed by atoms with van der Waals surface area (Å²) in [6.07, 6.45) is 3.44. The molecule has 0 aliphatic carbocycles. The molecule has 31 heavy (non-hydrogen) atoms. The van der Waals surface area contributed by atoms with Crippen LogP contribution in [0.4, 0.5) is 5.13 Å². The minimum absolute atomic E-state index is 0.200. The summed E-state index contributed by atoms with van der Waals surface area (Å²) in [6, 6.07) is 14.4. The number of amides is 1. The van der Waals surface area contributed by atoms with Gasteiger partial charge in [-0.3, -0.25) is 14.7 Å². The van der Waals surface area contributed by atoms with Crippen molar-refractivity contribution in [3.63, 3.8) is 0 Å². The standard InChI is InChI=1S/C24H21N3O3S/c1-15-11-16(2)21-20(12-15)31-24(26-21)27(14-17-5-4-10-25-13-17)22(28)18-6-8-19(9-7-18)23(29)30-3/h4-13H,14H2,1-3H3. The monoisotopic (exact) mass is 431 g/mol. The number of carbonyl (C=O) groups excluding carboxylic acids is 2. The lowest BCUT2D eigenvalue weighted by Gasteiger charge is -2.20. The van der Waals surface area contributed by atoms with Crippen LogP contribution < -0.4 is 4.90 Å². The highest BCUT2D eigenvalue weighted by Gasteiger charge is 2.23. The van der Waals surface area contributed by atoms with E-state index >= 15 is 0 Å². The summed E-state index contributed by atoms with van der Waals surface area (Å²) < 4.78 is 5.78. The fourth-order valence-corrected chi connectivity index (χ4v) is 4.54. The minimum Gasteiger partial charge on any atom is -0.465 e. The molecule has 0 aliphatic rings. The molecule has 0 bridgehead atoms. The molecule has 7 heteroatoms. The molecule has 0 radical (unpaired) electrons. The van der Waals surface area contributed by atoms with Gasteiger partial charge in [0.15, 0.2) is 5.13 Å². The zero-order valence-electron chi connectivity index (χ0n) is 17.5.